The summed E-state index contributed by atoms with van der Waals surface area (Å²) >= 11 is 14.9. The van der Waals surface area contributed by atoms with E-state index in [4.69, 9.17) is 23.2 Å². The van der Waals surface area contributed by atoms with Gasteiger partial charge in [-0.2, -0.15) is 9.28 Å². The van der Waals surface area contributed by atoms with Gasteiger partial charge in [0.15, 0.2) is 5.78 Å². The average molecular weight is 438 g/mol. The Morgan fingerprint density at radius 2 is 2.00 bits per heavy atom. The molecule has 0 radical (unpaired) electrons. The number of ketones is 1. The Labute approximate surface area is 158 Å². The molecule has 1 heterocycles. The van der Waals surface area contributed by atoms with Crippen LogP contribution in [0.15, 0.2) is 18.2 Å². The second-order valence-electron chi connectivity index (χ2n) is 5.92. The summed E-state index contributed by atoms with van der Waals surface area (Å²) in [4.78, 5) is 36.0. The van der Waals surface area contributed by atoms with Gasteiger partial charge in [-0.05, 0) is 25.1 Å². The van der Waals surface area contributed by atoms with Crippen LogP contribution >= 0.6 is 39.1 Å². The Bertz CT molecular complexity index is 697. The third kappa shape index (κ3) is 3.52. The smallest absolute Gasteiger partial charge is 0.435 e. The number of quaternary nitrogens is 1. The largest absolute Gasteiger partial charge is 0.521 e. The first-order chi connectivity index (χ1) is 11.2. The SMILES string of the molecule is C[C@@H]1CCC[N+]1(C(=O)O)C(=O)CC(Br)C(=O)c1ccc(Cl)c(Cl)c1. The molecule has 0 spiro atoms. The summed E-state index contributed by atoms with van der Waals surface area (Å²) in [7, 11) is 0. The normalized spacial score (nSPS) is 24.6. The maximum atomic E-state index is 12.6. The number of hydrogen-bond acceptors (Lipinski definition) is 3. The van der Waals surface area contributed by atoms with Crippen molar-refractivity contribution >= 4 is 56.9 Å². The molecule has 130 valence electrons. The van der Waals surface area contributed by atoms with E-state index < -0.39 is 21.3 Å². The molecule has 1 aromatic carbocycles. The predicted octanol–water partition coefficient (Wildman–Crippen LogP) is 4.53. The lowest BCUT2D eigenvalue weighted by molar-refractivity contribution is -0.792. The maximum Gasteiger partial charge on any atom is 0.521 e. The molecule has 0 bridgehead atoms. The fourth-order valence-corrected chi connectivity index (χ4v) is 3.92. The van der Waals surface area contributed by atoms with Crippen molar-refractivity contribution in [2.45, 2.75) is 37.1 Å². The van der Waals surface area contributed by atoms with E-state index in [1.54, 1.807) is 6.92 Å². The molecular weight excluding hydrogens is 421 g/mol. The molecule has 3 atom stereocenters. The van der Waals surface area contributed by atoms with Crippen molar-refractivity contribution in [2.24, 2.45) is 0 Å². The maximum absolute atomic E-state index is 12.6. The van der Waals surface area contributed by atoms with Crippen molar-refractivity contribution in [3.05, 3.63) is 33.8 Å². The van der Waals surface area contributed by atoms with Crippen LogP contribution in [0.25, 0.3) is 0 Å². The van der Waals surface area contributed by atoms with E-state index in [1.165, 1.54) is 18.2 Å². The fraction of sp³-hybridized carbons (Fsp3) is 0.438. The van der Waals surface area contributed by atoms with Crippen molar-refractivity contribution in [1.82, 2.24) is 0 Å². The van der Waals surface area contributed by atoms with Gasteiger partial charge in [0.1, 0.15) is 6.04 Å². The summed E-state index contributed by atoms with van der Waals surface area (Å²) in [5, 5.41) is 10.1. The fourth-order valence-electron chi connectivity index (χ4n) is 3.08. The molecule has 24 heavy (non-hydrogen) atoms. The minimum Gasteiger partial charge on any atom is -0.435 e. The van der Waals surface area contributed by atoms with Crippen molar-refractivity contribution in [2.75, 3.05) is 6.54 Å². The summed E-state index contributed by atoms with van der Waals surface area (Å²) in [5.74, 6) is -0.805. The van der Waals surface area contributed by atoms with Crippen LogP contribution in [0.4, 0.5) is 4.79 Å². The average Bonchev–Trinajstić information content (AvgIpc) is 2.92. The third-order valence-corrected chi connectivity index (χ3v) is 5.99. The number of hydrogen-bond donors (Lipinski definition) is 1. The molecule has 5 nitrogen and oxygen atoms in total. The molecule has 0 saturated carbocycles. The molecule has 2 rings (SSSR count). The van der Waals surface area contributed by atoms with Crippen LogP contribution in [0.3, 0.4) is 0 Å². The van der Waals surface area contributed by atoms with Crippen molar-refractivity contribution in [1.29, 1.82) is 0 Å². The predicted molar refractivity (Wildman–Crippen MR) is 95.0 cm³/mol. The number of rotatable bonds is 4. The zero-order valence-electron chi connectivity index (χ0n) is 13.0. The lowest BCUT2D eigenvalue weighted by Crippen LogP contribution is -2.59. The Balaban J connectivity index is 2.17. The summed E-state index contributed by atoms with van der Waals surface area (Å²) in [5.41, 5.74) is 0.315. The van der Waals surface area contributed by atoms with Crippen molar-refractivity contribution < 1.29 is 24.0 Å². The van der Waals surface area contributed by atoms with Gasteiger partial charge in [-0.1, -0.05) is 39.1 Å². The molecule has 1 fully saturated rings. The number of benzene rings is 1. The van der Waals surface area contributed by atoms with Gasteiger partial charge in [0.05, 0.1) is 27.8 Å². The van der Waals surface area contributed by atoms with Crippen LogP contribution in [0.5, 0.6) is 0 Å². The van der Waals surface area contributed by atoms with Crippen LogP contribution < -0.4 is 0 Å². The highest BCUT2D eigenvalue weighted by molar-refractivity contribution is 9.10. The number of alkyl halides is 1. The van der Waals surface area contributed by atoms with Crippen molar-refractivity contribution in [3.63, 3.8) is 0 Å². The molecule has 1 aromatic rings. The van der Waals surface area contributed by atoms with E-state index in [9.17, 15) is 19.5 Å². The molecule has 8 heteroatoms. The van der Waals surface area contributed by atoms with Gasteiger partial charge in [0.2, 0.25) is 0 Å². The number of amides is 2. The van der Waals surface area contributed by atoms with E-state index in [0.29, 0.717) is 23.4 Å². The number of likely N-dealkylation sites (tertiary alicyclic amines) is 1. The molecule has 1 N–H and O–H groups in total. The topological polar surface area (TPSA) is 71.4 Å². The summed E-state index contributed by atoms with van der Waals surface area (Å²) < 4.78 is -0.614. The molecular formula is C16H17BrCl2NO4+. The lowest BCUT2D eigenvalue weighted by atomic mass is 10.1. The monoisotopic (exact) mass is 436 g/mol. The quantitative estimate of drug-likeness (QED) is 0.426. The number of Topliss-reactive ketones (excluding diaryl/α,β-unsaturated/α-hetero) is 1. The van der Waals surface area contributed by atoms with Crippen LogP contribution in [0.1, 0.15) is 36.5 Å². The minimum atomic E-state index is -1.16. The first-order valence-corrected chi connectivity index (χ1v) is 9.15. The molecule has 1 saturated heterocycles. The first kappa shape index (κ1) is 19.4. The van der Waals surface area contributed by atoms with Crippen molar-refractivity contribution in [3.8, 4) is 0 Å². The number of carbonyl (C=O) groups excluding carboxylic acids is 2. The number of carboxylic acid groups (broad SMARTS) is 1. The van der Waals surface area contributed by atoms with Crippen LogP contribution in [-0.4, -0.2) is 44.8 Å². The highest BCUT2D eigenvalue weighted by Gasteiger charge is 2.53. The van der Waals surface area contributed by atoms with Gasteiger partial charge < -0.3 is 5.11 Å². The number of imide groups is 1. The van der Waals surface area contributed by atoms with E-state index in [2.05, 4.69) is 15.9 Å². The Morgan fingerprint density at radius 3 is 2.50 bits per heavy atom. The number of nitrogens with zero attached hydrogens (tertiary/aromatic N) is 1. The van der Waals surface area contributed by atoms with E-state index >= 15 is 0 Å². The van der Waals surface area contributed by atoms with Crippen LogP contribution in [0, 0.1) is 0 Å². The van der Waals surface area contributed by atoms with E-state index in [1.807, 2.05) is 0 Å². The summed E-state index contributed by atoms with van der Waals surface area (Å²) in [6, 6.07) is 4.17. The Kier molecular flexibility index (Phi) is 6.07. The molecule has 1 aliphatic rings. The van der Waals surface area contributed by atoms with E-state index in [0.717, 1.165) is 0 Å². The summed E-state index contributed by atoms with van der Waals surface area (Å²) in [6.07, 6.45) is -0.0133. The third-order valence-electron chi connectivity index (χ3n) is 4.51. The number of carbonyl (C=O) groups is 3. The second-order valence-corrected chi connectivity index (χ2v) is 7.84. The summed E-state index contributed by atoms with van der Waals surface area (Å²) in [6.45, 7) is 2.01. The van der Waals surface area contributed by atoms with Crippen LogP contribution in [-0.2, 0) is 4.79 Å². The van der Waals surface area contributed by atoms with Gasteiger partial charge in [-0.15, -0.1) is 0 Å². The first-order valence-electron chi connectivity index (χ1n) is 7.48. The molecule has 1 aliphatic heterocycles. The van der Waals surface area contributed by atoms with E-state index in [-0.39, 0.29) is 29.8 Å². The van der Waals surface area contributed by atoms with Gasteiger partial charge in [0, 0.05) is 18.4 Å². The second kappa shape index (κ2) is 7.52. The Morgan fingerprint density at radius 1 is 1.33 bits per heavy atom. The minimum absolute atomic E-state index is 0.199. The number of halogens is 3. The molecule has 2 unspecified atom stereocenters. The van der Waals surface area contributed by atoms with Gasteiger partial charge in [-0.3, -0.25) is 4.79 Å². The standard InChI is InChI=1S/C16H16BrCl2NO4/c1-9-3-2-6-20(9,16(23)24)14(21)8-11(17)15(22)10-4-5-12(18)13(19)7-10/h4-5,7,9,11H,2-3,6,8H2,1H3/p+1/t9-,11?,20?/m1/s1. The zero-order valence-corrected chi connectivity index (χ0v) is 16.1. The van der Waals surface area contributed by atoms with Crippen LogP contribution in [0.2, 0.25) is 10.0 Å². The highest BCUT2D eigenvalue weighted by Crippen LogP contribution is 2.31. The van der Waals surface area contributed by atoms with Gasteiger partial charge in [0.25, 0.3) is 0 Å². The molecule has 2 amide bonds. The van der Waals surface area contributed by atoms with Gasteiger partial charge >= 0.3 is 12.0 Å². The van der Waals surface area contributed by atoms with Gasteiger partial charge in [-0.25, -0.2) is 4.79 Å². The Hall–Kier alpha value is -0.950. The molecule has 0 aliphatic carbocycles. The molecule has 0 aromatic heterocycles. The highest BCUT2D eigenvalue weighted by atomic mass is 79.9. The zero-order chi connectivity index (χ0) is 18.1. The lowest BCUT2D eigenvalue weighted by Gasteiger charge is -2.30.